The van der Waals surface area contributed by atoms with Crippen molar-refractivity contribution >= 4 is 45.0 Å². The van der Waals surface area contributed by atoms with Crippen LogP contribution in [0.4, 0.5) is 4.39 Å². The van der Waals surface area contributed by atoms with E-state index < -0.39 is 17.8 Å². The van der Waals surface area contributed by atoms with Crippen LogP contribution in [0, 0.1) is 5.82 Å². The third-order valence-corrected chi connectivity index (χ3v) is 7.77. The van der Waals surface area contributed by atoms with Gasteiger partial charge >= 0.3 is 5.97 Å². The van der Waals surface area contributed by atoms with E-state index in [9.17, 15) is 19.1 Å². The monoisotopic (exact) mass is 614 g/mol. The molecule has 39 heavy (non-hydrogen) atoms. The number of aromatic nitrogens is 2. The Morgan fingerprint density at radius 3 is 2.59 bits per heavy atom. The molecule has 3 heterocycles. The zero-order chi connectivity index (χ0) is 27.4. The maximum absolute atomic E-state index is 13.8. The second kappa shape index (κ2) is 12.0. The number of hydrogen-bond donors (Lipinski definition) is 2. The van der Waals surface area contributed by atoms with Gasteiger partial charge in [0.1, 0.15) is 23.1 Å². The summed E-state index contributed by atoms with van der Waals surface area (Å²) in [6.45, 7) is 2.30. The molecule has 0 bridgehead atoms. The molecule has 2 aromatic carbocycles. The van der Waals surface area contributed by atoms with E-state index in [1.54, 1.807) is 22.5 Å². The summed E-state index contributed by atoms with van der Waals surface area (Å²) in [5.74, 6) is -0.658. The normalized spacial score (nSPS) is 17.9. The molecule has 0 radical (unpaired) electrons. The van der Waals surface area contributed by atoms with Crippen LogP contribution in [0.2, 0.25) is 0 Å². The predicted octanol–water partition coefficient (Wildman–Crippen LogP) is 3.09. The zero-order valence-electron chi connectivity index (χ0n) is 20.6. The number of nitrogens with zero attached hydrogens (tertiary/aromatic N) is 5. The molecule has 1 atom stereocenters. The fourth-order valence-electron chi connectivity index (χ4n) is 4.44. The standard InChI is InChI=1S/C26H24BrFN6O4S/c27-19-12-16(28)6-7-18(19)23-22(26(36)37)20(30-24(31-23)25-32-29-15-39-25)13-33-8-10-34(11-9-33)21(35)14-38-17-4-2-1-3-5-17/h1-7,12,15,23H,8-11,13-14H2,(H,30,31)(H,36,37). The van der Waals surface area contributed by atoms with Crippen molar-refractivity contribution in [3.8, 4) is 5.75 Å². The number of aliphatic carboxylic acids is 1. The summed E-state index contributed by atoms with van der Waals surface area (Å²) in [5, 5.41) is 21.9. The van der Waals surface area contributed by atoms with Gasteiger partial charge < -0.3 is 20.1 Å². The number of halogens is 2. The van der Waals surface area contributed by atoms with E-state index >= 15 is 0 Å². The molecule has 202 valence electrons. The van der Waals surface area contributed by atoms with Crippen LogP contribution in [0.3, 0.4) is 0 Å². The number of aliphatic imine (C=N–C) groups is 1. The molecule has 2 aliphatic heterocycles. The Kier molecular flexibility index (Phi) is 8.29. The maximum Gasteiger partial charge on any atom is 0.335 e. The molecule has 10 nitrogen and oxygen atoms in total. The lowest BCUT2D eigenvalue weighted by molar-refractivity contribution is -0.135. The average molecular weight is 615 g/mol. The van der Waals surface area contributed by atoms with E-state index in [-0.39, 0.29) is 24.6 Å². The van der Waals surface area contributed by atoms with Gasteiger partial charge in [0.25, 0.3) is 5.91 Å². The lowest BCUT2D eigenvalue weighted by Crippen LogP contribution is -2.51. The number of ether oxygens (including phenoxy) is 1. The Balaban J connectivity index is 1.32. The predicted molar refractivity (Wildman–Crippen MR) is 146 cm³/mol. The Bertz CT molecular complexity index is 1410. The average Bonchev–Trinajstić information content (AvgIpc) is 3.47. The molecule has 1 amide bonds. The van der Waals surface area contributed by atoms with Crippen LogP contribution in [0.1, 0.15) is 16.6 Å². The number of carboxylic acids is 1. The third-order valence-electron chi connectivity index (χ3n) is 6.39. The SMILES string of the molecule is O=C(O)C1=C(CN2CCN(C(=O)COc3ccccc3)CC2)NC(c2nncs2)=NC1c1ccc(F)cc1Br. The molecule has 1 fully saturated rings. The van der Waals surface area contributed by atoms with Gasteiger partial charge in [0.05, 0.1) is 5.57 Å². The van der Waals surface area contributed by atoms with Crippen molar-refractivity contribution < 1.29 is 23.8 Å². The first-order chi connectivity index (χ1) is 18.9. The van der Waals surface area contributed by atoms with Crippen molar-refractivity contribution in [2.45, 2.75) is 6.04 Å². The summed E-state index contributed by atoms with van der Waals surface area (Å²) in [6.07, 6.45) is 0. The summed E-state index contributed by atoms with van der Waals surface area (Å²) >= 11 is 4.64. The summed E-state index contributed by atoms with van der Waals surface area (Å²) in [4.78, 5) is 33.7. The summed E-state index contributed by atoms with van der Waals surface area (Å²) < 4.78 is 19.8. The largest absolute Gasteiger partial charge is 0.484 e. The molecule has 0 saturated carbocycles. The molecule has 2 aliphatic rings. The van der Waals surface area contributed by atoms with Gasteiger partial charge in [-0.15, -0.1) is 10.2 Å². The van der Waals surface area contributed by atoms with Gasteiger partial charge in [-0.3, -0.25) is 14.7 Å². The van der Waals surface area contributed by atoms with Crippen molar-refractivity contribution in [3.63, 3.8) is 0 Å². The van der Waals surface area contributed by atoms with Crippen LogP contribution in [0.25, 0.3) is 0 Å². The van der Waals surface area contributed by atoms with E-state index in [4.69, 9.17) is 4.74 Å². The number of amides is 1. The summed E-state index contributed by atoms with van der Waals surface area (Å²) in [6, 6.07) is 12.4. The number of carboxylic acid groups (broad SMARTS) is 1. The molecule has 0 spiro atoms. The number of amidine groups is 1. The molecule has 1 saturated heterocycles. The van der Waals surface area contributed by atoms with Crippen LogP contribution in [-0.4, -0.2) is 82.1 Å². The molecule has 1 aromatic heterocycles. The number of rotatable bonds is 8. The Hall–Kier alpha value is -3.68. The highest BCUT2D eigenvalue weighted by Crippen LogP contribution is 2.36. The molecule has 13 heteroatoms. The number of benzene rings is 2. The molecular weight excluding hydrogens is 591 g/mol. The van der Waals surface area contributed by atoms with Gasteiger partial charge in [0, 0.05) is 42.9 Å². The number of carbonyl (C=O) groups is 2. The van der Waals surface area contributed by atoms with E-state index in [2.05, 4.69) is 41.3 Å². The van der Waals surface area contributed by atoms with Crippen molar-refractivity contribution in [3.05, 3.63) is 86.2 Å². The van der Waals surface area contributed by atoms with Gasteiger partial charge in [0.2, 0.25) is 0 Å². The van der Waals surface area contributed by atoms with E-state index in [0.717, 1.165) is 0 Å². The third kappa shape index (κ3) is 6.32. The highest BCUT2D eigenvalue weighted by atomic mass is 79.9. The van der Waals surface area contributed by atoms with Gasteiger partial charge in [-0.05, 0) is 29.8 Å². The lowest BCUT2D eigenvalue weighted by atomic mass is 9.95. The van der Waals surface area contributed by atoms with Crippen molar-refractivity contribution in [2.75, 3.05) is 39.3 Å². The van der Waals surface area contributed by atoms with Gasteiger partial charge in [-0.25, -0.2) is 9.18 Å². The zero-order valence-corrected chi connectivity index (χ0v) is 23.0. The maximum atomic E-state index is 13.8. The van der Waals surface area contributed by atoms with Crippen LogP contribution in [0.5, 0.6) is 5.75 Å². The minimum absolute atomic E-state index is 0.0458. The Labute approximate surface area is 236 Å². The first kappa shape index (κ1) is 26.9. The molecule has 3 aromatic rings. The molecule has 5 rings (SSSR count). The van der Waals surface area contributed by atoms with E-state index in [1.807, 2.05) is 18.2 Å². The molecular formula is C26H24BrFN6O4S. The number of para-hydroxylation sites is 1. The summed E-state index contributed by atoms with van der Waals surface area (Å²) in [7, 11) is 0. The Morgan fingerprint density at radius 1 is 1.15 bits per heavy atom. The van der Waals surface area contributed by atoms with Gasteiger partial charge in [-0.1, -0.05) is 51.5 Å². The van der Waals surface area contributed by atoms with E-state index in [1.165, 1.54) is 29.5 Å². The fourth-order valence-corrected chi connectivity index (χ4v) is 5.51. The van der Waals surface area contributed by atoms with Crippen molar-refractivity contribution in [2.24, 2.45) is 4.99 Å². The molecule has 0 aliphatic carbocycles. The fraction of sp³-hybridized carbons (Fsp3) is 0.269. The van der Waals surface area contributed by atoms with Crippen molar-refractivity contribution in [1.29, 1.82) is 0 Å². The smallest absolute Gasteiger partial charge is 0.335 e. The number of carbonyl (C=O) groups excluding carboxylic acids is 1. The highest BCUT2D eigenvalue weighted by Gasteiger charge is 2.34. The molecule has 1 unspecified atom stereocenters. The first-order valence-corrected chi connectivity index (χ1v) is 13.8. The lowest BCUT2D eigenvalue weighted by Gasteiger charge is -2.36. The van der Waals surface area contributed by atoms with E-state index in [0.29, 0.717) is 58.5 Å². The number of nitrogens with one attached hydrogen (secondary N) is 1. The van der Waals surface area contributed by atoms with Crippen LogP contribution >= 0.6 is 27.3 Å². The Morgan fingerprint density at radius 2 is 1.92 bits per heavy atom. The van der Waals surface area contributed by atoms with Crippen LogP contribution in [-0.2, 0) is 9.59 Å². The van der Waals surface area contributed by atoms with Crippen molar-refractivity contribution in [1.82, 2.24) is 25.3 Å². The van der Waals surface area contributed by atoms with Gasteiger partial charge in [-0.2, -0.15) is 0 Å². The second-order valence-electron chi connectivity index (χ2n) is 8.87. The quantitative estimate of drug-likeness (QED) is 0.397. The second-order valence-corrected chi connectivity index (χ2v) is 10.6. The highest BCUT2D eigenvalue weighted by molar-refractivity contribution is 9.10. The topological polar surface area (TPSA) is 120 Å². The molecule has 2 N–H and O–H groups in total. The minimum atomic E-state index is -1.13. The number of piperazine rings is 1. The van der Waals surface area contributed by atoms with Gasteiger partial charge in [0.15, 0.2) is 17.5 Å². The number of hydrogen-bond acceptors (Lipinski definition) is 9. The summed E-state index contributed by atoms with van der Waals surface area (Å²) in [5.41, 5.74) is 2.60. The first-order valence-electron chi connectivity index (χ1n) is 12.1. The van der Waals surface area contributed by atoms with Crippen LogP contribution in [0.15, 0.2) is 74.8 Å². The van der Waals surface area contributed by atoms with Crippen LogP contribution < -0.4 is 10.1 Å². The minimum Gasteiger partial charge on any atom is -0.484 e.